The Morgan fingerprint density at radius 2 is 1.71 bits per heavy atom. The fourth-order valence-corrected chi connectivity index (χ4v) is 3.89. The van der Waals surface area contributed by atoms with Crippen LogP contribution in [0.25, 0.3) is 11.3 Å². The number of hydrogen-bond acceptors (Lipinski definition) is 3. The Hall–Kier alpha value is -2.43. The van der Waals surface area contributed by atoms with Crippen LogP contribution in [0.4, 0.5) is 0 Å². The molecule has 28 heavy (non-hydrogen) atoms. The quantitative estimate of drug-likeness (QED) is 0.595. The molecular weight excluding hydrogens is 393 g/mol. The number of rotatable bonds is 2. The van der Waals surface area contributed by atoms with Crippen molar-refractivity contribution in [1.29, 1.82) is 0 Å². The number of carbonyl (C=O) groups excluding carboxylic acids is 1. The molecule has 0 fully saturated rings. The summed E-state index contributed by atoms with van der Waals surface area (Å²) in [6.07, 6.45) is 1.41. The van der Waals surface area contributed by atoms with E-state index in [1.807, 2.05) is 36.1 Å². The van der Waals surface area contributed by atoms with Gasteiger partial charge < -0.3 is 4.90 Å². The Kier molecular flexibility index (Phi) is 5.33. The number of amides is 1. The van der Waals surface area contributed by atoms with Gasteiger partial charge in [-0.05, 0) is 43.7 Å². The molecule has 1 aliphatic heterocycles. The lowest BCUT2D eigenvalue weighted by Gasteiger charge is -2.20. The predicted octanol–water partition coefficient (Wildman–Crippen LogP) is 5.00. The molecule has 0 aliphatic carbocycles. The van der Waals surface area contributed by atoms with E-state index in [1.165, 1.54) is 0 Å². The van der Waals surface area contributed by atoms with E-state index in [2.05, 4.69) is 4.98 Å². The van der Waals surface area contributed by atoms with Crippen molar-refractivity contribution in [2.45, 2.75) is 19.8 Å². The summed E-state index contributed by atoms with van der Waals surface area (Å²) < 4.78 is 0. The Bertz CT molecular complexity index is 1030. The smallest absolute Gasteiger partial charge is 0.253 e. The number of benzene rings is 2. The van der Waals surface area contributed by atoms with Crippen LogP contribution in [0.5, 0.6) is 0 Å². The summed E-state index contributed by atoms with van der Waals surface area (Å²) >= 11 is 12.1. The third-order valence-corrected chi connectivity index (χ3v) is 5.42. The van der Waals surface area contributed by atoms with Gasteiger partial charge in [-0.3, -0.25) is 4.79 Å². The highest BCUT2D eigenvalue weighted by atomic mass is 35.5. The summed E-state index contributed by atoms with van der Waals surface area (Å²) in [6.45, 7) is 3.14. The third kappa shape index (κ3) is 3.89. The van der Waals surface area contributed by atoms with E-state index >= 15 is 0 Å². The minimum atomic E-state index is -0.00645. The third-order valence-electron chi connectivity index (χ3n) is 4.93. The molecule has 0 unspecified atom stereocenters. The Labute approximate surface area is 174 Å². The molecule has 3 aromatic rings. The summed E-state index contributed by atoms with van der Waals surface area (Å²) in [7, 11) is 0. The molecule has 0 bridgehead atoms. The van der Waals surface area contributed by atoms with E-state index in [-0.39, 0.29) is 5.91 Å². The van der Waals surface area contributed by atoms with Crippen molar-refractivity contribution in [3.63, 3.8) is 0 Å². The number of carbonyl (C=O) groups is 1. The minimum Gasteiger partial charge on any atom is -0.338 e. The first kappa shape index (κ1) is 18.9. The Morgan fingerprint density at radius 1 is 0.964 bits per heavy atom. The lowest BCUT2D eigenvalue weighted by atomic mass is 10.0. The van der Waals surface area contributed by atoms with Crippen LogP contribution < -0.4 is 0 Å². The monoisotopic (exact) mass is 411 g/mol. The van der Waals surface area contributed by atoms with Gasteiger partial charge in [-0.15, -0.1) is 0 Å². The number of hydrogen-bond donors (Lipinski definition) is 0. The average Bonchev–Trinajstić information content (AvgIpc) is 2.90. The van der Waals surface area contributed by atoms with Crippen molar-refractivity contribution in [3.05, 3.63) is 81.2 Å². The number of aryl methyl sites for hydroxylation is 1. The second-order valence-electron chi connectivity index (χ2n) is 6.85. The van der Waals surface area contributed by atoms with Crippen LogP contribution in [0.2, 0.25) is 10.0 Å². The van der Waals surface area contributed by atoms with Crippen LogP contribution in [0, 0.1) is 6.92 Å². The topological polar surface area (TPSA) is 46.1 Å². The fraction of sp³-hybridized carbons (Fsp3) is 0.227. The van der Waals surface area contributed by atoms with Gasteiger partial charge in [0.2, 0.25) is 0 Å². The van der Waals surface area contributed by atoms with Crippen molar-refractivity contribution in [2.75, 3.05) is 13.1 Å². The summed E-state index contributed by atoms with van der Waals surface area (Å²) in [4.78, 5) is 24.2. The van der Waals surface area contributed by atoms with Crippen LogP contribution in [-0.4, -0.2) is 33.9 Å². The first-order valence-corrected chi connectivity index (χ1v) is 9.94. The molecule has 0 saturated carbocycles. The highest BCUT2D eigenvalue weighted by Crippen LogP contribution is 2.28. The van der Waals surface area contributed by atoms with Gasteiger partial charge in [0.15, 0.2) is 0 Å². The van der Waals surface area contributed by atoms with Crippen molar-refractivity contribution in [3.8, 4) is 11.3 Å². The van der Waals surface area contributed by atoms with Gasteiger partial charge in [0.1, 0.15) is 5.82 Å². The zero-order valence-corrected chi connectivity index (χ0v) is 17.0. The van der Waals surface area contributed by atoms with E-state index < -0.39 is 0 Å². The van der Waals surface area contributed by atoms with Crippen molar-refractivity contribution in [1.82, 2.24) is 14.9 Å². The van der Waals surface area contributed by atoms with Gasteiger partial charge in [-0.25, -0.2) is 9.97 Å². The number of nitrogens with zero attached hydrogens (tertiary/aromatic N) is 3. The number of aromatic nitrogens is 2. The molecule has 1 aliphatic rings. The van der Waals surface area contributed by atoms with Crippen LogP contribution in [0.1, 0.15) is 27.4 Å². The van der Waals surface area contributed by atoms with E-state index in [1.54, 1.807) is 24.3 Å². The zero-order chi connectivity index (χ0) is 19.7. The molecule has 0 radical (unpaired) electrons. The summed E-state index contributed by atoms with van der Waals surface area (Å²) in [5.74, 6) is 0.728. The van der Waals surface area contributed by atoms with Crippen molar-refractivity contribution < 1.29 is 4.79 Å². The lowest BCUT2D eigenvalue weighted by Crippen LogP contribution is -2.33. The van der Waals surface area contributed by atoms with Gasteiger partial charge >= 0.3 is 0 Å². The first-order valence-electron chi connectivity index (χ1n) is 9.18. The molecule has 142 valence electrons. The van der Waals surface area contributed by atoms with Crippen molar-refractivity contribution >= 4 is 29.1 Å². The summed E-state index contributed by atoms with van der Waals surface area (Å²) in [5, 5.41) is 1.26. The minimum absolute atomic E-state index is 0.00645. The maximum atomic E-state index is 12.9. The molecule has 1 aromatic heterocycles. The van der Waals surface area contributed by atoms with Crippen molar-refractivity contribution in [2.24, 2.45) is 0 Å². The van der Waals surface area contributed by atoms with E-state index in [9.17, 15) is 4.79 Å². The summed E-state index contributed by atoms with van der Waals surface area (Å²) in [5.41, 5.74) is 4.67. The highest BCUT2D eigenvalue weighted by molar-refractivity contribution is 6.31. The van der Waals surface area contributed by atoms with Crippen LogP contribution in [0.3, 0.4) is 0 Å². The molecule has 0 N–H and O–H groups in total. The van der Waals surface area contributed by atoms with E-state index in [4.69, 9.17) is 28.2 Å². The molecule has 2 heterocycles. The molecule has 4 rings (SSSR count). The largest absolute Gasteiger partial charge is 0.338 e. The van der Waals surface area contributed by atoms with Crippen LogP contribution in [-0.2, 0) is 12.8 Å². The standard InChI is InChI=1S/C22H19Cl2N3O/c1-14-25-20-10-12-27(22(28)16-3-2-4-18(24)13-16)11-9-19(20)21(26-14)15-5-7-17(23)8-6-15/h2-8,13H,9-12H2,1H3. The first-order chi connectivity index (χ1) is 13.5. The SMILES string of the molecule is Cc1nc2c(c(-c3ccc(Cl)cc3)n1)CCN(C(=O)c1cccc(Cl)c1)CC2. The molecule has 4 nitrogen and oxygen atoms in total. The van der Waals surface area contributed by atoms with E-state index in [0.29, 0.717) is 41.5 Å². The molecular formula is C22H19Cl2N3O. The second-order valence-corrected chi connectivity index (χ2v) is 7.73. The van der Waals surface area contributed by atoms with Gasteiger partial charge in [0, 0.05) is 51.9 Å². The molecule has 0 saturated heterocycles. The van der Waals surface area contributed by atoms with Gasteiger partial charge in [-0.2, -0.15) is 0 Å². The van der Waals surface area contributed by atoms with Crippen LogP contribution >= 0.6 is 23.2 Å². The maximum Gasteiger partial charge on any atom is 0.253 e. The fourth-order valence-electron chi connectivity index (χ4n) is 3.58. The van der Waals surface area contributed by atoms with Gasteiger partial charge in [0.05, 0.1) is 5.69 Å². The average molecular weight is 412 g/mol. The maximum absolute atomic E-state index is 12.9. The predicted molar refractivity (Wildman–Crippen MR) is 112 cm³/mol. The second kappa shape index (κ2) is 7.90. The lowest BCUT2D eigenvalue weighted by molar-refractivity contribution is 0.0763. The number of fused-ring (bicyclic) bond motifs is 1. The Balaban J connectivity index is 1.64. The van der Waals surface area contributed by atoms with Crippen LogP contribution in [0.15, 0.2) is 48.5 Å². The Morgan fingerprint density at radius 3 is 2.46 bits per heavy atom. The molecule has 1 amide bonds. The summed E-state index contributed by atoms with van der Waals surface area (Å²) in [6, 6.07) is 14.8. The molecule has 2 aromatic carbocycles. The van der Waals surface area contributed by atoms with Gasteiger partial charge in [-0.1, -0.05) is 41.4 Å². The highest BCUT2D eigenvalue weighted by Gasteiger charge is 2.23. The molecule has 0 spiro atoms. The normalized spacial score (nSPS) is 13.8. The molecule has 0 atom stereocenters. The van der Waals surface area contributed by atoms with E-state index in [0.717, 1.165) is 28.3 Å². The molecule has 6 heteroatoms. The van der Waals surface area contributed by atoms with Gasteiger partial charge in [0.25, 0.3) is 5.91 Å². The zero-order valence-electron chi connectivity index (χ0n) is 15.5. The number of halogens is 2.